The zero-order valence-corrected chi connectivity index (χ0v) is 15.2. The Morgan fingerprint density at radius 1 is 1.41 bits per heavy atom. The smallest absolute Gasteiger partial charge is 0.408 e. The van der Waals surface area contributed by atoms with Crippen LogP contribution in [-0.4, -0.2) is 42.1 Å². The number of nitrogens with one attached hydrogen (secondary N) is 2. The monoisotopic (exact) mass is 381 g/mol. The second-order valence-corrected chi connectivity index (χ2v) is 6.83. The molecule has 0 aliphatic carbocycles. The van der Waals surface area contributed by atoms with Gasteiger partial charge in [0.25, 0.3) is 0 Å². The number of benzene rings is 1. The first kappa shape index (κ1) is 20.5. The highest BCUT2D eigenvalue weighted by atomic mass is 19.1. The Hall–Kier alpha value is -2.86. The van der Waals surface area contributed by atoms with Crippen molar-refractivity contribution in [1.29, 1.82) is 0 Å². The van der Waals surface area contributed by atoms with E-state index >= 15 is 0 Å². The number of hydrogen-bond donors (Lipinski definition) is 3. The van der Waals surface area contributed by atoms with E-state index in [2.05, 4.69) is 22.5 Å². The molecule has 1 aromatic carbocycles. The van der Waals surface area contributed by atoms with Crippen LogP contribution < -0.4 is 15.5 Å². The van der Waals surface area contributed by atoms with Crippen LogP contribution in [0, 0.1) is 23.5 Å². The average molecular weight is 381 g/mol. The summed E-state index contributed by atoms with van der Waals surface area (Å²) in [6.07, 6.45) is -2.15. The second kappa shape index (κ2) is 8.22. The SMILES string of the molecule is CC(C)(C)OC(=O)NCC#Cc1cc(F)c(N2CCC(=O)NC2O)c(F)c1. The first-order valence-electron chi connectivity index (χ1n) is 8.25. The van der Waals surface area contributed by atoms with Crippen molar-refractivity contribution in [2.24, 2.45) is 0 Å². The van der Waals surface area contributed by atoms with Gasteiger partial charge in [0.2, 0.25) is 12.3 Å². The molecule has 1 atom stereocenters. The molecule has 3 N–H and O–H groups in total. The molecule has 0 bridgehead atoms. The van der Waals surface area contributed by atoms with Gasteiger partial charge in [-0.25, -0.2) is 13.6 Å². The number of ether oxygens (including phenoxy) is 1. The molecule has 1 heterocycles. The van der Waals surface area contributed by atoms with Gasteiger partial charge in [-0.2, -0.15) is 0 Å². The highest BCUT2D eigenvalue weighted by Crippen LogP contribution is 2.27. The third-order valence-electron chi connectivity index (χ3n) is 3.42. The van der Waals surface area contributed by atoms with E-state index in [0.29, 0.717) is 0 Å². The summed E-state index contributed by atoms with van der Waals surface area (Å²) in [7, 11) is 0. The molecule has 2 rings (SSSR count). The summed E-state index contributed by atoms with van der Waals surface area (Å²) in [5.41, 5.74) is -1.02. The predicted octanol–water partition coefficient (Wildman–Crippen LogP) is 1.44. The minimum atomic E-state index is -1.51. The molecule has 1 aliphatic heterocycles. The minimum absolute atomic E-state index is 0.00777. The maximum atomic E-state index is 14.3. The standard InChI is InChI=1S/C18H21F2N3O4/c1-18(2,3)27-17(26)21-7-4-5-11-9-12(19)15(13(20)10-11)23-8-6-14(24)22-16(23)25/h9-10,16,25H,6-8H2,1-3H3,(H,21,26)(H,22,24). The molecule has 0 aromatic heterocycles. The van der Waals surface area contributed by atoms with E-state index in [4.69, 9.17) is 4.74 Å². The number of alkyl carbamates (subject to hydrolysis) is 1. The molecule has 0 saturated carbocycles. The molecule has 146 valence electrons. The predicted molar refractivity (Wildman–Crippen MR) is 93.6 cm³/mol. The van der Waals surface area contributed by atoms with Crippen LogP contribution in [0.15, 0.2) is 12.1 Å². The summed E-state index contributed by atoms with van der Waals surface area (Å²) in [6, 6.07) is 2.03. The first-order valence-corrected chi connectivity index (χ1v) is 8.25. The average Bonchev–Trinajstić information content (AvgIpc) is 2.51. The van der Waals surface area contributed by atoms with Crippen LogP contribution in [0.1, 0.15) is 32.8 Å². The summed E-state index contributed by atoms with van der Waals surface area (Å²) in [5, 5.41) is 14.4. The van der Waals surface area contributed by atoms with Gasteiger partial charge in [0.15, 0.2) is 11.6 Å². The third kappa shape index (κ3) is 5.82. The van der Waals surface area contributed by atoms with Crippen molar-refractivity contribution in [3.05, 3.63) is 29.3 Å². The number of aliphatic hydroxyl groups is 1. The van der Waals surface area contributed by atoms with E-state index in [-0.39, 0.29) is 25.1 Å². The highest BCUT2D eigenvalue weighted by Gasteiger charge is 2.28. The maximum Gasteiger partial charge on any atom is 0.408 e. The number of carbonyl (C=O) groups is 2. The summed E-state index contributed by atoms with van der Waals surface area (Å²) in [4.78, 5) is 23.7. The number of hydrogen-bond acceptors (Lipinski definition) is 5. The Balaban J connectivity index is 2.05. The van der Waals surface area contributed by atoms with Crippen LogP contribution in [0.4, 0.5) is 19.3 Å². The summed E-state index contributed by atoms with van der Waals surface area (Å²) in [5.74, 6) is 2.87. The van der Waals surface area contributed by atoms with E-state index in [1.165, 1.54) is 0 Å². The van der Waals surface area contributed by atoms with Gasteiger partial charge >= 0.3 is 6.09 Å². The molecule has 1 saturated heterocycles. The van der Waals surface area contributed by atoms with Crippen molar-refractivity contribution in [2.75, 3.05) is 18.0 Å². The first-order chi connectivity index (χ1) is 12.6. The number of anilines is 1. The molecule has 1 aromatic rings. The lowest BCUT2D eigenvalue weighted by atomic mass is 10.1. The van der Waals surface area contributed by atoms with Crippen molar-refractivity contribution in [1.82, 2.24) is 10.6 Å². The lowest BCUT2D eigenvalue weighted by Gasteiger charge is -2.34. The molecule has 2 amide bonds. The van der Waals surface area contributed by atoms with Gasteiger partial charge in [-0.1, -0.05) is 11.8 Å². The van der Waals surface area contributed by atoms with E-state index in [1.54, 1.807) is 20.8 Å². The fourth-order valence-electron chi connectivity index (χ4n) is 2.36. The Morgan fingerprint density at radius 2 is 2.04 bits per heavy atom. The van der Waals surface area contributed by atoms with Gasteiger partial charge in [0.1, 0.15) is 11.3 Å². The summed E-state index contributed by atoms with van der Waals surface area (Å²) < 4.78 is 33.7. The molecular weight excluding hydrogens is 360 g/mol. The van der Waals surface area contributed by atoms with E-state index in [1.807, 2.05) is 0 Å². The molecular formula is C18H21F2N3O4. The lowest BCUT2D eigenvalue weighted by molar-refractivity contribution is -0.125. The Bertz CT molecular complexity index is 773. The Morgan fingerprint density at radius 3 is 2.59 bits per heavy atom. The van der Waals surface area contributed by atoms with Gasteiger partial charge in [-0.15, -0.1) is 0 Å². The Kier molecular flexibility index (Phi) is 6.23. The zero-order valence-electron chi connectivity index (χ0n) is 15.2. The minimum Gasteiger partial charge on any atom is -0.444 e. The molecule has 7 nitrogen and oxygen atoms in total. The quantitative estimate of drug-likeness (QED) is 0.675. The molecule has 1 aliphatic rings. The normalized spacial score (nSPS) is 16.9. The number of aliphatic hydroxyl groups excluding tert-OH is 1. The summed E-state index contributed by atoms with van der Waals surface area (Å²) >= 11 is 0. The fourth-order valence-corrected chi connectivity index (χ4v) is 2.36. The number of rotatable bonds is 2. The third-order valence-corrected chi connectivity index (χ3v) is 3.42. The van der Waals surface area contributed by atoms with E-state index in [0.717, 1.165) is 17.0 Å². The van der Waals surface area contributed by atoms with Gasteiger partial charge < -0.3 is 25.4 Å². The van der Waals surface area contributed by atoms with Crippen LogP contribution in [0.5, 0.6) is 0 Å². The topological polar surface area (TPSA) is 90.9 Å². The summed E-state index contributed by atoms with van der Waals surface area (Å²) in [6.45, 7) is 5.07. The van der Waals surface area contributed by atoms with Crippen molar-refractivity contribution >= 4 is 17.7 Å². The van der Waals surface area contributed by atoms with E-state index in [9.17, 15) is 23.5 Å². The van der Waals surface area contributed by atoms with Crippen LogP contribution in [-0.2, 0) is 9.53 Å². The van der Waals surface area contributed by atoms with Crippen molar-refractivity contribution in [3.8, 4) is 11.8 Å². The molecule has 0 radical (unpaired) electrons. The molecule has 9 heteroatoms. The lowest BCUT2D eigenvalue weighted by Crippen LogP contribution is -2.54. The van der Waals surface area contributed by atoms with Gasteiger partial charge in [-0.05, 0) is 32.9 Å². The number of halogens is 2. The molecule has 1 unspecified atom stereocenters. The van der Waals surface area contributed by atoms with Crippen LogP contribution in [0.2, 0.25) is 0 Å². The number of nitrogens with zero attached hydrogens (tertiary/aromatic N) is 1. The second-order valence-electron chi connectivity index (χ2n) is 6.83. The Labute approximate surface area is 155 Å². The van der Waals surface area contributed by atoms with Crippen LogP contribution in [0.25, 0.3) is 0 Å². The van der Waals surface area contributed by atoms with Gasteiger partial charge in [0.05, 0.1) is 6.54 Å². The van der Waals surface area contributed by atoms with Crippen LogP contribution in [0.3, 0.4) is 0 Å². The fraction of sp³-hybridized carbons (Fsp3) is 0.444. The zero-order chi connectivity index (χ0) is 20.2. The van der Waals surface area contributed by atoms with E-state index < -0.39 is 41.3 Å². The van der Waals surface area contributed by atoms with Crippen LogP contribution >= 0.6 is 0 Å². The van der Waals surface area contributed by atoms with Crippen molar-refractivity contribution < 1.29 is 28.2 Å². The van der Waals surface area contributed by atoms with Gasteiger partial charge in [-0.3, -0.25) is 4.79 Å². The highest BCUT2D eigenvalue weighted by molar-refractivity contribution is 5.78. The number of carbonyl (C=O) groups excluding carboxylic acids is 2. The largest absolute Gasteiger partial charge is 0.444 e. The number of amides is 2. The molecule has 0 spiro atoms. The maximum absolute atomic E-state index is 14.3. The molecule has 1 fully saturated rings. The van der Waals surface area contributed by atoms with Gasteiger partial charge in [0, 0.05) is 18.5 Å². The van der Waals surface area contributed by atoms with Crippen molar-refractivity contribution in [3.63, 3.8) is 0 Å². The van der Waals surface area contributed by atoms with Crippen molar-refractivity contribution in [2.45, 2.75) is 39.1 Å². The molecule has 27 heavy (non-hydrogen) atoms.